The number of amides is 1. The van der Waals surface area contributed by atoms with Crippen LogP contribution in [0.2, 0.25) is 0 Å². The molecule has 0 fully saturated rings. The fraction of sp³-hybridized carbons (Fsp3) is 0.308. The second-order valence-corrected chi connectivity index (χ2v) is 8.89. The van der Waals surface area contributed by atoms with E-state index in [0.717, 1.165) is 30.5 Å². The lowest BCUT2D eigenvalue weighted by molar-refractivity contribution is -0.118. The lowest BCUT2D eigenvalue weighted by Gasteiger charge is -2.15. The van der Waals surface area contributed by atoms with Crippen molar-refractivity contribution in [2.24, 2.45) is 0 Å². The van der Waals surface area contributed by atoms with Crippen LogP contribution >= 0.6 is 0 Å². The van der Waals surface area contributed by atoms with Gasteiger partial charge >= 0.3 is 0 Å². The highest BCUT2D eigenvalue weighted by atomic mass is 16.5. The monoisotopic (exact) mass is 473 g/mol. The molecule has 0 radical (unpaired) electrons. The number of nitrogens with one attached hydrogen (secondary N) is 2. The highest BCUT2D eigenvalue weighted by Crippen LogP contribution is 2.25. The van der Waals surface area contributed by atoms with Gasteiger partial charge in [0.2, 0.25) is 5.95 Å². The van der Waals surface area contributed by atoms with E-state index >= 15 is 0 Å². The van der Waals surface area contributed by atoms with Gasteiger partial charge in [-0.15, -0.1) is 0 Å². The highest BCUT2D eigenvalue weighted by Gasteiger charge is 2.20. The first kappa shape index (κ1) is 22.6. The summed E-state index contributed by atoms with van der Waals surface area (Å²) in [6, 6.07) is 12.9. The molecular weight excluding hydrogens is 446 g/mol. The van der Waals surface area contributed by atoms with Crippen LogP contribution < -0.4 is 15.6 Å². The quantitative estimate of drug-likeness (QED) is 0.415. The van der Waals surface area contributed by atoms with Crippen LogP contribution in [-0.4, -0.2) is 32.3 Å². The number of carbonyl (C=O) groups excluding carboxylic acids is 1. The Morgan fingerprint density at radius 1 is 1.20 bits per heavy atom. The molecule has 0 atom stereocenters. The molecule has 0 spiro atoms. The van der Waals surface area contributed by atoms with Gasteiger partial charge in [0.15, 0.2) is 12.4 Å². The fourth-order valence-corrected chi connectivity index (χ4v) is 4.14. The second kappa shape index (κ2) is 9.61. The molecule has 9 heteroatoms. The summed E-state index contributed by atoms with van der Waals surface area (Å²) in [5.41, 5.74) is 3.01. The van der Waals surface area contributed by atoms with Gasteiger partial charge in [0.25, 0.3) is 11.5 Å². The minimum Gasteiger partial charge on any atom is -0.484 e. The van der Waals surface area contributed by atoms with Crippen molar-refractivity contribution in [3.8, 4) is 23.2 Å². The number of aromatic amines is 1. The molecule has 4 aromatic rings. The first-order valence-corrected chi connectivity index (χ1v) is 11.8. The molecule has 0 bridgehead atoms. The summed E-state index contributed by atoms with van der Waals surface area (Å²) in [5, 5.41) is 7.37. The van der Waals surface area contributed by atoms with E-state index in [2.05, 4.69) is 34.2 Å². The number of furan rings is 1. The van der Waals surface area contributed by atoms with Crippen LogP contribution in [0.5, 0.6) is 5.75 Å². The largest absolute Gasteiger partial charge is 0.484 e. The summed E-state index contributed by atoms with van der Waals surface area (Å²) >= 11 is 0. The first-order valence-electron chi connectivity index (χ1n) is 11.8. The number of hydrogen-bond donors (Lipinski definition) is 2. The SMILES string of the molecule is CC(C)c1ccc(OCC(=O)Nc2cc(-c3ccco3)nn2-c2nc3c(c(=O)[nH]2)CCCC3)cc1. The molecule has 1 aliphatic carbocycles. The molecule has 180 valence electrons. The third kappa shape index (κ3) is 4.89. The van der Waals surface area contributed by atoms with Gasteiger partial charge in [0.05, 0.1) is 12.0 Å². The number of aromatic nitrogens is 4. The third-order valence-electron chi connectivity index (χ3n) is 6.05. The summed E-state index contributed by atoms with van der Waals surface area (Å²) in [4.78, 5) is 32.9. The number of carbonyl (C=O) groups is 1. The number of H-pyrrole nitrogens is 1. The van der Waals surface area contributed by atoms with E-state index in [-0.39, 0.29) is 24.0 Å². The zero-order valence-electron chi connectivity index (χ0n) is 19.7. The van der Waals surface area contributed by atoms with Crippen LogP contribution in [0.1, 0.15) is 49.4 Å². The average molecular weight is 474 g/mol. The maximum absolute atomic E-state index is 12.7. The molecule has 1 aliphatic rings. The number of aryl methyl sites for hydroxylation is 1. The minimum absolute atomic E-state index is 0.176. The number of fused-ring (bicyclic) bond motifs is 1. The van der Waals surface area contributed by atoms with Crippen molar-refractivity contribution in [2.75, 3.05) is 11.9 Å². The summed E-state index contributed by atoms with van der Waals surface area (Å²) in [7, 11) is 0. The van der Waals surface area contributed by atoms with E-state index in [1.165, 1.54) is 10.2 Å². The van der Waals surface area contributed by atoms with Crippen molar-refractivity contribution >= 4 is 11.7 Å². The number of rotatable bonds is 7. The lowest BCUT2D eigenvalue weighted by Crippen LogP contribution is -2.26. The maximum Gasteiger partial charge on any atom is 0.263 e. The van der Waals surface area contributed by atoms with Gasteiger partial charge in [-0.25, -0.2) is 4.98 Å². The van der Waals surface area contributed by atoms with Gasteiger partial charge in [0, 0.05) is 11.6 Å². The number of benzene rings is 1. The normalized spacial score (nSPS) is 13.0. The molecule has 1 amide bonds. The average Bonchev–Trinajstić information content (AvgIpc) is 3.53. The molecule has 3 aromatic heterocycles. The molecule has 0 saturated heterocycles. The molecule has 5 rings (SSSR count). The smallest absolute Gasteiger partial charge is 0.263 e. The van der Waals surface area contributed by atoms with E-state index < -0.39 is 0 Å². The van der Waals surface area contributed by atoms with E-state index in [1.54, 1.807) is 24.5 Å². The summed E-state index contributed by atoms with van der Waals surface area (Å²) in [5.74, 6) is 1.77. The van der Waals surface area contributed by atoms with Gasteiger partial charge in [-0.05, 0) is 61.4 Å². The van der Waals surface area contributed by atoms with E-state index in [0.29, 0.717) is 35.4 Å². The Morgan fingerprint density at radius 3 is 2.74 bits per heavy atom. The lowest BCUT2D eigenvalue weighted by atomic mass is 9.97. The molecule has 0 saturated carbocycles. The zero-order valence-corrected chi connectivity index (χ0v) is 19.7. The van der Waals surface area contributed by atoms with Crippen LogP contribution in [0.15, 0.2) is 57.9 Å². The van der Waals surface area contributed by atoms with Crippen LogP contribution in [0.25, 0.3) is 17.4 Å². The molecule has 0 aliphatic heterocycles. The Kier molecular flexibility index (Phi) is 6.22. The van der Waals surface area contributed by atoms with Crippen LogP contribution in [-0.2, 0) is 17.6 Å². The fourth-order valence-electron chi connectivity index (χ4n) is 4.14. The Labute approximate surface area is 202 Å². The minimum atomic E-state index is -0.370. The Bertz CT molecular complexity index is 1380. The van der Waals surface area contributed by atoms with Gasteiger partial charge in [-0.2, -0.15) is 9.78 Å². The van der Waals surface area contributed by atoms with Gasteiger partial charge in [-0.3, -0.25) is 14.6 Å². The summed E-state index contributed by atoms with van der Waals surface area (Å²) in [6.07, 6.45) is 4.96. The Hall–Kier alpha value is -4.14. The van der Waals surface area contributed by atoms with Crippen LogP contribution in [0.4, 0.5) is 5.82 Å². The molecule has 35 heavy (non-hydrogen) atoms. The van der Waals surface area contributed by atoms with Crippen molar-refractivity contribution in [3.05, 3.63) is 75.9 Å². The van der Waals surface area contributed by atoms with Crippen molar-refractivity contribution in [1.29, 1.82) is 0 Å². The van der Waals surface area contributed by atoms with E-state index in [4.69, 9.17) is 9.15 Å². The van der Waals surface area contributed by atoms with Crippen molar-refractivity contribution in [2.45, 2.75) is 45.4 Å². The number of ether oxygens (including phenoxy) is 1. The van der Waals surface area contributed by atoms with Crippen LogP contribution in [0.3, 0.4) is 0 Å². The first-order chi connectivity index (χ1) is 17.0. The third-order valence-corrected chi connectivity index (χ3v) is 6.05. The molecular formula is C26H27N5O4. The van der Waals surface area contributed by atoms with Crippen molar-refractivity contribution in [1.82, 2.24) is 19.7 Å². The summed E-state index contributed by atoms with van der Waals surface area (Å²) < 4.78 is 12.5. The van der Waals surface area contributed by atoms with E-state index in [1.807, 2.05) is 24.3 Å². The van der Waals surface area contributed by atoms with Gasteiger partial charge < -0.3 is 14.5 Å². The van der Waals surface area contributed by atoms with Crippen molar-refractivity contribution < 1.29 is 13.9 Å². The number of anilines is 1. The predicted molar refractivity (Wildman–Crippen MR) is 131 cm³/mol. The Balaban J connectivity index is 1.39. The zero-order chi connectivity index (χ0) is 24.4. The van der Waals surface area contributed by atoms with Crippen molar-refractivity contribution in [3.63, 3.8) is 0 Å². The van der Waals surface area contributed by atoms with E-state index in [9.17, 15) is 9.59 Å². The molecule has 1 aromatic carbocycles. The standard InChI is InChI=1S/C26H27N5O4/c1-16(2)17-9-11-18(12-10-17)35-15-24(32)28-23-14-21(22-8-5-13-34-22)30-31(23)26-27-20-7-4-3-6-19(20)25(33)29-26/h5,8-14,16H,3-4,6-7,15H2,1-2H3,(H,28,32)(H,27,29,33). The topological polar surface area (TPSA) is 115 Å². The predicted octanol–water partition coefficient (Wildman–Crippen LogP) is 4.24. The molecule has 3 heterocycles. The molecule has 2 N–H and O–H groups in total. The van der Waals surface area contributed by atoms with Gasteiger partial charge in [0.1, 0.15) is 17.3 Å². The number of nitrogens with zero attached hydrogens (tertiary/aromatic N) is 3. The maximum atomic E-state index is 12.7. The Morgan fingerprint density at radius 2 is 2.00 bits per heavy atom. The molecule has 9 nitrogen and oxygen atoms in total. The number of hydrogen-bond acceptors (Lipinski definition) is 6. The highest BCUT2D eigenvalue weighted by molar-refractivity contribution is 5.91. The molecule has 0 unspecified atom stereocenters. The second-order valence-electron chi connectivity index (χ2n) is 8.89. The van der Waals surface area contributed by atoms with Gasteiger partial charge in [-0.1, -0.05) is 26.0 Å². The van der Waals surface area contributed by atoms with Crippen LogP contribution in [0, 0.1) is 0 Å². The summed E-state index contributed by atoms with van der Waals surface area (Å²) in [6.45, 7) is 4.05.